The molecule has 4 heteroatoms. The predicted molar refractivity (Wildman–Crippen MR) is 68.2 cm³/mol. The number of aromatic nitrogens is 2. The molecule has 0 saturated heterocycles. The molecule has 2 radical (unpaired) electrons. The number of benzene rings is 1. The number of hydrogen-bond donors (Lipinski definition) is 0. The molecule has 0 aliphatic carbocycles. The number of nitrogens with zero attached hydrogens (tertiary/aromatic N) is 2. The molecular formula is C12H7AsN2S. The fourth-order valence-corrected chi connectivity index (χ4v) is 2.94. The van der Waals surface area contributed by atoms with Crippen molar-refractivity contribution in [1.82, 2.24) is 9.97 Å². The van der Waals surface area contributed by atoms with E-state index in [1.807, 2.05) is 18.3 Å². The average Bonchev–Trinajstić information content (AvgIpc) is 2.72. The molecular weight excluding hydrogens is 279 g/mol. The first kappa shape index (κ1) is 10.0. The van der Waals surface area contributed by atoms with E-state index in [4.69, 9.17) is 0 Å². The van der Waals surface area contributed by atoms with Crippen LogP contribution in [-0.4, -0.2) is 26.8 Å². The Balaban J connectivity index is 2.19. The fraction of sp³-hybridized carbons (Fsp3) is 0. The van der Waals surface area contributed by atoms with Crippen LogP contribution in [0.3, 0.4) is 0 Å². The Hall–Kier alpha value is -1.18. The number of thiazole rings is 1. The van der Waals surface area contributed by atoms with Crippen LogP contribution in [0.15, 0.2) is 42.7 Å². The molecule has 2 heterocycles. The SMILES string of the molecule is [As]c1cccc(-c2nc3ccncc3s2)c1. The second kappa shape index (κ2) is 4.00. The van der Waals surface area contributed by atoms with Gasteiger partial charge in [0.1, 0.15) is 0 Å². The second-order valence-corrected chi connectivity index (χ2v) is 5.53. The molecule has 2 aromatic heterocycles. The molecule has 0 N–H and O–H groups in total. The maximum atomic E-state index is 4.60. The van der Waals surface area contributed by atoms with Crippen molar-refractivity contribution in [2.75, 3.05) is 0 Å². The molecule has 2 nitrogen and oxygen atoms in total. The summed E-state index contributed by atoms with van der Waals surface area (Å²) < 4.78 is 2.33. The van der Waals surface area contributed by atoms with Crippen molar-refractivity contribution in [3.63, 3.8) is 0 Å². The van der Waals surface area contributed by atoms with Crippen molar-refractivity contribution in [3.05, 3.63) is 42.7 Å². The number of pyridine rings is 1. The van der Waals surface area contributed by atoms with E-state index in [0.717, 1.165) is 15.2 Å². The molecule has 76 valence electrons. The molecule has 16 heavy (non-hydrogen) atoms. The van der Waals surface area contributed by atoms with Crippen LogP contribution in [0.25, 0.3) is 20.8 Å². The first-order chi connectivity index (χ1) is 7.83. The van der Waals surface area contributed by atoms with E-state index in [9.17, 15) is 0 Å². The molecule has 1 aromatic carbocycles. The topological polar surface area (TPSA) is 25.8 Å². The third-order valence-corrected chi connectivity index (χ3v) is 3.92. The standard InChI is InChI=1S/C12H7AsN2S/c13-9-3-1-2-8(6-9)12-15-10-4-5-14-7-11(10)16-12/h1-7H. The minimum absolute atomic E-state index is 1.02. The second-order valence-electron chi connectivity index (χ2n) is 3.41. The van der Waals surface area contributed by atoms with Crippen LogP contribution in [0, 0.1) is 0 Å². The average molecular weight is 286 g/mol. The van der Waals surface area contributed by atoms with Gasteiger partial charge >= 0.3 is 106 Å². The molecule has 0 spiro atoms. The summed E-state index contributed by atoms with van der Waals surface area (Å²) in [5.74, 6) is 0. The summed E-state index contributed by atoms with van der Waals surface area (Å²) in [4.78, 5) is 8.70. The van der Waals surface area contributed by atoms with Gasteiger partial charge in [-0.3, -0.25) is 0 Å². The van der Waals surface area contributed by atoms with E-state index in [2.05, 4.69) is 45.0 Å². The first-order valence-electron chi connectivity index (χ1n) is 4.83. The quantitative estimate of drug-likeness (QED) is 0.641. The van der Waals surface area contributed by atoms with Gasteiger partial charge in [-0.05, 0) is 0 Å². The van der Waals surface area contributed by atoms with Crippen molar-refractivity contribution in [2.24, 2.45) is 0 Å². The number of rotatable bonds is 1. The molecule has 3 aromatic rings. The van der Waals surface area contributed by atoms with Crippen LogP contribution in [-0.2, 0) is 0 Å². The molecule has 0 atom stereocenters. The Bertz CT molecular complexity index is 615. The third kappa shape index (κ3) is 1.77. The van der Waals surface area contributed by atoms with Crippen molar-refractivity contribution < 1.29 is 0 Å². The summed E-state index contributed by atoms with van der Waals surface area (Å²) in [5, 5.41) is 1.05. The van der Waals surface area contributed by atoms with Gasteiger partial charge in [-0.1, -0.05) is 0 Å². The van der Waals surface area contributed by atoms with Gasteiger partial charge in [-0.15, -0.1) is 0 Å². The van der Waals surface area contributed by atoms with E-state index >= 15 is 0 Å². The summed E-state index contributed by atoms with van der Waals surface area (Å²) >= 11 is 4.23. The molecule has 0 unspecified atom stereocenters. The number of fused-ring (bicyclic) bond motifs is 1. The van der Waals surface area contributed by atoms with E-state index in [1.165, 1.54) is 9.91 Å². The maximum absolute atomic E-state index is 4.60. The van der Waals surface area contributed by atoms with Crippen molar-refractivity contribution in [3.8, 4) is 10.6 Å². The molecule has 3 rings (SSSR count). The van der Waals surface area contributed by atoms with Crippen LogP contribution in [0.5, 0.6) is 0 Å². The van der Waals surface area contributed by atoms with Gasteiger partial charge in [-0.25, -0.2) is 0 Å². The van der Waals surface area contributed by atoms with Gasteiger partial charge in [-0.2, -0.15) is 0 Å². The zero-order valence-corrected chi connectivity index (χ0v) is 11.0. The van der Waals surface area contributed by atoms with E-state index in [-0.39, 0.29) is 0 Å². The van der Waals surface area contributed by atoms with E-state index in [0.29, 0.717) is 0 Å². The summed E-state index contributed by atoms with van der Waals surface area (Å²) in [7, 11) is 0. The molecule has 0 aliphatic rings. The normalized spacial score (nSPS) is 10.8. The van der Waals surface area contributed by atoms with Gasteiger partial charge in [0.05, 0.1) is 0 Å². The Morgan fingerprint density at radius 2 is 2.12 bits per heavy atom. The van der Waals surface area contributed by atoms with Crippen molar-refractivity contribution >= 4 is 42.8 Å². The Morgan fingerprint density at radius 3 is 2.94 bits per heavy atom. The predicted octanol–water partition coefficient (Wildman–Crippen LogP) is 2.15. The van der Waals surface area contributed by atoms with Crippen LogP contribution in [0.1, 0.15) is 0 Å². The molecule has 0 saturated carbocycles. The van der Waals surface area contributed by atoms with Crippen molar-refractivity contribution in [1.29, 1.82) is 0 Å². The Kier molecular flexibility index (Phi) is 2.50. The van der Waals surface area contributed by atoms with Crippen LogP contribution in [0.4, 0.5) is 0 Å². The van der Waals surface area contributed by atoms with Crippen LogP contribution in [0.2, 0.25) is 0 Å². The van der Waals surface area contributed by atoms with Crippen LogP contribution >= 0.6 is 11.3 Å². The first-order valence-corrected chi connectivity index (χ1v) is 6.58. The monoisotopic (exact) mass is 286 g/mol. The van der Waals surface area contributed by atoms with E-state index in [1.54, 1.807) is 17.5 Å². The summed E-state index contributed by atoms with van der Waals surface area (Å²) in [6, 6.07) is 10.3. The van der Waals surface area contributed by atoms with Gasteiger partial charge in [0.2, 0.25) is 0 Å². The van der Waals surface area contributed by atoms with Gasteiger partial charge in [0.25, 0.3) is 0 Å². The molecule has 0 bridgehead atoms. The van der Waals surface area contributed by atoms with Gasteiger partial charge in [0.15, 0.2) is 0 Å². The zero-order chi connectivity index (χ0) is 11.0. The summed E-state index contributed by atoms with van der Waals surface area (Å²) in [5.41, 5.74) is 2.19. The van der Waals surface area contributed by atoms with Crippen molar-refractivity contribution in [2.45, 2.75) is 0 Å². The molecule has 0 amide bonds. The molecule has 0 fully saturated rings. The third-order valence-electron chi connectivity index (χ3n) is 2.28. The minimum atomic E-state index is 1.02. The molecule has 0 aliphatic heterocycles. The van der Waals surface area contributed by atoms with Gasteiger partial charge in [0, 0.05) is 0 Å². The fourth-order valence-electron chi connectivity index (χ4n) is 1.54. The Morgan fingerprint density at radius 1 is 1.19 bits per heavy atom. The van der Waals surface area contributed by atoms with E-state index < -0.39 is 0 Å². The van der Waals surface area contributed by atoms with Crippen LogP contribution < -0.4 is 4.35 Å². The van der Waals surface area contributed by atoms with Gasteiger partial charge < -0.3 is 0 Å². The summed E-state index contributed by atoms with van der Waals surface area (Å²) in [6.45, 7) is 0. The Labute approximate surface area is 106 Å². The summed E-state index contributed by atoms with van der Waals surface area (Å²) in [6.07, 6.45) is 3.64. The number of hydrogen-bond acceptors (Lipinski definition) is 3. The zero-order valence-electron chi connectivity index (χ0n) is 8.29.